The minimum absolute atomic E-state index is 0.250. The number of carbonyl (C=O) groups is 1. The third kappa shape index (κ3) is 197. The molecule has 7 heavy (non-hydrogen) atoms. The Morgan fingerprint density at radius 1 is 1.43 bits per heavy atom. The molecule has 0 spiro atoms. The highest BCUT2D eigenvalue weighted by Gasteiger charge is 1.58. The van der Waals surface area contributed by atoms with Gasteiger partial charge < -0.3 is 10.6 Å². The first-order valence-electron chi connectivity index (χ1n) is 1.91. The van der Waals surface area contributed by atoms with Gasteiger partial charge in [-0.25, -0.2) is 0 Å². The van der Waals surface area contributed by atoms with Crippen molar-refractivity contribution in [3.63, 3.8) is 0 Å². The SMILES string of the molecule is CN(C)C.NC=O. The Balaban J connectivity index is 0. The molecule has 0 unspecified atom stereocenters. The first-order chi connectivity index (χ1) is 3.15. The van der Waals surface area contributed by atoms with Gasteiger partial charge in [0.1, 0.15) is 0 Å². The molecule has 0 aromatic rings. The summed E-state index contributed by atoms with van der Waals surface area (Å²) in [6, 6.07) is 0. The molecule has 0 fully saturated rings. The molecule has 0 atom stereocenters. The molecule has 0 aliphatic rings. The second-order valence-electron chi connectivity index (χ2n) is 1.48. The lowest BCUT2D eigenvalue weighted by Gasteiger charge is -1.90. The van der Waals surface area contributed by atoms with Crippen LogP contribution in [0.2, 0.25) is 0 Å². The fourth-order valence-corrected chi connectivity index (χ4v) is 0. The number of nitrogens with two attached hydrogens (primary N) is 1. The summed E-state index contributed by atoms with van der Waals surface area (Å²) in [5, 5.41) is 0. The Morgan fingerprint density at radius 2 is 1.43 bits per heavy atom. The van der Waals surface area contributed by atoms with Gasteiger partial charge >= 0.3 is 0 Å². The summed E-state index contributed by atoms with van der Waals surface area (Å²) in [5.41, 5.74) is 4.17. The standard InChI is InChI=1S/C3H9N.CH3NO/c1-4(2)3;2-1-3/h1-3H3;1H,(H2,2,3). The molecule has 0 heterocycles. The Labute approximate surface area is 44.1 Å². The predicted octanol–water partition coefficient (Wildman–Crippen LogP) is -0.721. The van der Waals surface area contributed by atoms with Crippen molar-refractivity contribution in [2.24, 2.45) is 5.73 Å². The number of amides is 1. The Kier molecular flexibility index (Phi) is 12.5. The minimum Gasteiger partial charge on any atom is -0.372 e. The van der Waals surface area contributed by atoms with Gasteiger partial charge in [0.05, 0.1) is 0 Å². The quantitative estimate of drug-likeness (QED) is 0.412. The van der Waals surface area contributed by atoms with Crippen LogP contribution in [0.4, 0.5) is 0 Å². The predicted molar refractivity (Wildman–Crippen MR) is 29.9 cm³/mol. The second kappa shape index (κ2) is 9.06. The maximum atomic E-state index is 8.58. The summed E-state index contributed by atoms with van der Waals surface area (Å²) in [6.45, 7) is 0. The van der Waals surface area contributed by atoms with Crippen LogP contribution >= 0.6 is 0 Å². The van der Waals surface area contributed by atoms with E-state index in [-0.39, 0.29) is 6.41 Å². The van der Waals surface area contributed by atoms with E-state index >= 15 is 0 Å². The number of carbonyl (C=O) groups excluding carboxylic acids is 1. The Bertz CT molecular complexity index is 33.9. The maximum absolute atomic E-state index is 8.58. The number of hydrogen-bond acceptors (Lipinski definition) is 2. The molecule has 0 aliphatic heterocycles. The van der Waals surface area contributed by atoms with Crippen LogP contribution in [-0.2, 0) is 4.79 Å². The molecule has 3 nitrogen and oxygen atoms in total. The van der Waals surface area contributed by atoms with Gasteiger partial charge in [-0.15, -0.1) is 0 Å². The normalized spacial score (nSPS) is 6.86. The van der Waals surface area contributed by atoms with Gasteiger partial charge in [0.25, 0.3) is 0 Å². The van der Waals surface area contributed by atoms with Crippen LogP contribution < -0.4 is 5.73 Å². The molecule has 2 N–H and O–H groups in total. The zero-order valence-corrected chi connectivity index (χ0v) is 5.01. The lowest BCUT2D eigenvalue weighted by atomic mass is 11.0. The highest BCUT2D eigenvalue weighted by atomic mass is 16.1. The summed E-state index contributed by atoms with van der Waals surface area (Å²) in [5.74, 6) is 0. The molecule has 0 saturated carbocycles. The van der Waals surface area contributed by atoms with Crippen LogP contribution in [-0.4, -0.2) is 32.5 Å². The molecule has 1 amide bonds. The minimum atomic E-state index is 0.250. The van der Waals surface area contributed by atoms with Gasteiger partial charge in [0, 0.05) is 0 Å². The van der Waals surface area contributed by atoms with E-state index in [9.17, 15) is 0 Å². The highest BCUT2D eigenvalue weighted by molar-refractivity contribution is 5.42. The van der Waals surface area contributed by atoms with E-state index in [1.807, 2.05) is 26.0 Å². The number of primary amides is 1. The zero-order valence-electron chi connectivity index (χ0n) is 5.01. The van der Waals surface area contributed by atoms with Gasteiger partial charge in [0.2, 0.25) is 6.41 Å². The molecule has 3 heteroatoms. The van der Waals surface area contributed by atoms with E-state index in [2.05, 4.69) is 5.73 Å². The van der Waals surface area contributed by atoms with Crippen LogP contribution in [0.3, 0.4) is 0 Å². The lowest BCUT2D eigenvalue weighted by molar-refractivity contribution is -0.106. The molecule has 0 saturated heterocycles. The third-order valence-electron chi connectivity index (χ3n) is 0. The zero-order chi connectivity index (χ0) is 6.28. The summed E-state index contributed by atoms with van der Waals surface area (Å²) >= 11 is 0. The maximum Gasteiger partial charge on any atom is 0.204 e. The monoisotopic (exact) mass is 104 g/mol. The fraction of sp³-hybridized carbons (Fsp3) is 0.750. The number of rotatable bonds is 0. The van der Waals surface area contributed by atoms with E-state index in [0.29, 0.717) is 0 Å². The van der Waals surface area contributed by atoms with Crippen LogP contribution in [0.1, 0.15) is 0 Å². The van der Waals surface area contributed by atoms with Gasteiger partial charge in [-0.2, -0.15) is 0 Å². The Morgan fingerprint density at radius 3 is 1.43 bits per heavy atom. The van der Waals surface area contributed by atoms with Crippen LogP contribution in [0.5, 0.6) is 0 Å². The summed E-state index contributed by atoms with van der Waals surface area (Å²) in [7, 11) is 6.00. The summed E-state index contributed by atoms with van der Waals surface area (Å²) in [6.07, 6.45) is 0.250. The van der Waals surface area contributed by atoms with Gasteiger partial charge in [0.15, 0.2) is 0 Å². The largest absolute Gasteiger partial charge is 0.372 e. The average Bonchev–Trinajstić information content (AvgIpc) is 1.33. The van der Waals surface area contributed by atoms with Crippen molar-refractivity contribution in [2.75, 3.05) is 21.1 Å². The first-order valence-corrected chi connectivity index (χ1v) is 1.91. The number of nitrogens with zero attached hydrogens (tertiary/aromatic N) is 1. The molecular weight excluding hydrogens is 92.1 g/mol. The molecule has 0 bridgehead atoms. The van der Waals surface area contributed by atoms with Crippen molar-refractivity contribution in [1.29, 1.82) is 0 Å². The van der Waals surface area contributed by atoms with Gasteiger partial charge in [-0.3, -0.25) is 4.79 Å². The van der Waals surface area contributed by atoms with Crippen molar-refractivity contribution < 1.29 is 4.79 Å². The van der Waals surface area contributed by atoms with Crippen LogP contribution in [0, 0.1) is 0 Å². The first kappa shape index (κ1) is 9.66. The van der Waals surface area contributed by atoms with Crippen LogP contribution in [0.25, 0.3) is 0 Å². The third-order valence-corrected chi connectivity index (χ3v) is 0. The van der Waals surface area contributed by atoms with Gasteiger partial charge in [-0.1, -0.05) is 0 Å². The fourth-order valence-electron chi connectivity index (χ4n) is 0. The van der Waals surface area contributed by atoms with Crippen molar-refractivity contribution in [3.8, 4) is 0 Å². The molecule has 0 radical (unpaired) electrons. The highest BCUT2D eigenvalue weighted by Crippen LogP contribution is 1.47. The van der Waals surface area contributed by atoms with Crippen LogP contribution in [0.15, 0.2) is 0 Å². The van der Waals surface area contributed by atoms with E-state index < -0.39 is 0 Å². The molecule has 0 aromatic carbocycles. The van der Waals surface area contributed by atoms with E-state index in [1.165, 1.54) is 0 Å². The van der Waals surface area contributed by atoms with E-state index in [1.54, 1.807) is 0 Å². The lowest BCUT2D eigenvalue weighted by Crippen LogP contribution is -1.99. The summed E-state index contributed by atoms with van der Waals surface area (Å²) in [4.78, 5) is 10.6. The topological polar surface area (TPSA) is 46.3 Å². The van der Waals surface area contributed by atoms with E-state index in [0.717, 1.165) is 0 Å². The van der Waals surface area contributed by atoms with E-state index in [4.69, 9.17) is 4.79 Å². The molecule has 0 aromatic heterocycles. The average molecular weight is 104 g/mol. The van der Waals surface area contributed by atoms with Crippen molar-refractivity contribution in [1.82, 2.24) is 4.90 Å². The van der Waals surface area contributed by atoms with Crippen molar-refractivity contribution >= 4 is 6.41 Å². The Hall–Kier alpha value is -0.570. The summed E-state index contributed by atoms with van der Waals surface area (Å²) < 4.78 is 0. The smallest absolute Gasteiger partial charge is 0.204 e. The van der Waals surface area contributed by atoms with Crippen molar-refractivity contribution in [3.05, 3.63) is 0 Å². The molecule has 0 rings (SSSR count). The second-order valence-corrected chi connectivity index (χ2v) is 1.48. The van der Waals surface area contributed by atoms with Crippen molar-refractivity contribution in [2.45, 2.75) is 0 Å². The molecule has 44 valence electrons. The number of hydrogen-bond donors (Lipinski definition) is 1. The molecule has 0 aliphatic carbocycles. The molecular formula is C4H12N2O. The van der Waals surface area contributed by atoms with Gasteiger partial charge in [-0.05, 0) is 21.1 Å².